The number of rotatable bonds is 4. The van der Waals surface area contributed by atoms with Crippen LogP contribution >= 0.6 is 0 Å². The van der Waals surface area contributed by atoms with Crippen molar-refractivity contribution in [3.8, 4) is 0 Å². The second kappa shape index (κ2) is 5.48. The Labute approximate surface area is 108 Å². The summed E-state index contributed by atoms with van der Waals surface area (Å²) in [6.07, 6.45) is 0.576. The van der Waals surface area contributed by atoms with Gasteiger partial charge in [0.05, 0.1) is 11.6 Å². The third kappa shape index (κ3) is 3.07. The van der Waals surface area contributed by atoms with E-state index < -0.39 is 5.54 Å². The number of benzene rings is 1. The first-order chi connectivity index (χ1) is 8.29. The lowest BCUT2D eigenvalue weighted by molar-refractivity contribution is -0.137. The molecule has 100 valence electrons. The molecule has 0 aliphatic heterocycles. The highest BCUT2D eigenvalue weighted by molar-refractivity contribution is 5.85. The van der Waals surface area contributed by atoms with E-state index in [2.05, 4.69) is 0 Å². The van der Waals surface area contributed by atoms with Gasteiger partial charge >= 0.3 is 0 Å². The minimum absolute atomic E-state index is 0.109. The molecule has 2 N–H and O–H groups in total. The van der Waals surface area contributed by atoms with Crippen LogP contribution in [-0.2, 0) is 4.79 Å². The SMILES string of the molecule is CCC(C)(N)C(=O)N(C)C(C)c1ccc(F)cc1. The van der Waals surface area contributed by atoms with Crippen LogP contribution in [-0.4, -0.2) is 23.4 Å². The van der Waals surface area contributed by atoms with Crippen LogP contribution < -0.4 is 5.73 Å². The van der Waals surface area contributed by atoms with Crippen LogP contribution in [0.15, 0.2) is 24.3 Å². The molecule has 2 atom stereocenters. The lowest BCUT2D eigenvalue weighted by Gasteiger charge is -2.32. The predicted molar refractivity (Wildman–Crippen MR) is 70.5 cm³/mol. The first-order valence-electron chi connectivity index (χ1n) is 6.11. The summed E-state index contributed by atoms with van der Waals surface area (Å²) in [6.45, 7) is 5.51. The topological polar surface area (TPSA) is 46.3 Å². The van der Waals surface area contributed by atoms with E-state index in [0.717, 1.165) is 5.56 Å². The first-order valence-corrected chi connectivity index (χ1v) is 6.11. The molecule has 0 heterocycles. The maximum absolute atomic E-state index is 12.9. The molecule has 0 spiro atoms. The molecule has 0 saturated carbocycles. The minimum Gasteiger partial charge on any atom is -0.337 e. The van der Waals surface area contributed by atoms with E-state index >= 15 is 0 Å². The molecule has 1 aromatic carbocycles. The van der Waals surface area contributed by atoms with Crippen molar-refractivity contribution < 1.29 is 9.18 Å². The lowest BCUT2D eigenvalue weighted by Crippen LogP contribution is -2.52. The number of likely N-dealkylation sites (N-methyl/N-ethyl adjacent to an activating group) is 1. The molecular weight excluding hydrogens is 231 g/mol. The molecule has 2 unspecified atom stereocenters. The Bertz CT molecular complexity index is 414. The Kier molecular flexibility index (Phi) is 4.46. The molecule has 0 bridgehead atoms. The second-order valence-corrected chi connectivity index (χ2v) is 4.91. The van der Waals surface area contributed by atoms with Gasteiger partial charge in [0.15, 0.2) is 0 Å². The molecule has 1 amide bonds. The summed E-state index contributed by atoms with van der Waals surface area (Å²) in [5.74, 6) is -0.390. The van der Waals surface area contributed by atoms with Gasteiger partial charge in [0.2, 0.25) is 5.91 Å². The Morgan fingerprint density at radius 3 is 2.39 bits per heavy atom. The van der Waals surface area contributed by atoms with E-state index in [4.69, 9.17) is 5.73 Å². The number of nitrogens with two attached hydrogens (primary N) is 1. The predicted octanol–water partition coefficient (Wildman–Crippen LogP) is 2.47. The summed E-state index contributed by atoms with van der Waals surface area (Å²) >= 11 is 0. The Morgan fingerprint density at radius 1 is 1.44 bits per heavy atom. The van der Waals surface area contributed by atoms with Gasteiger partial charge in [-0.25, -0.2) is 4.39 Å². The van der Waals surface area contributed by atoms with Crippen LogP contribution in [0.4, 0.5) is 4.39 Å². The molecule has 18 heavy (non-hydrogen) atoms. The summed E-state index contributed by atoms with van der Waals surface area (Å²) in [7, 11) is 1.72. The number of carbonyl (C=O) groups excluding carboxylic acids is 1. The molecule has 0 radical (unpaired) electrons. The van der Waals surface area contributed by atoms with E-state index in [1.54, 1.807) is 31.0 Å². The van der Waals surface area contributed by atoms with Crippen molar-refractivity contribution in [2.75, 3.05) is 7.05 Å². The molecule has 1 aromatic rings. The van der Waals surface area contributed by atoms with Crippen LogP contribution in [0.3, 0.4) is 0 Å². The number of hydrogen-bond acceptors (Lipinski definition) is 2. The van der Waals surface area contributed by atoms with Crippen molar-refractivity contribution in [3.63, 3.8) is 0 Å². The highest BCUT2D eigenvalue weighted by Crippen LogP contribution is 2.22. The van der Waals surface area contributed by atoms with E-state index in [1.807, 2.05) is 13.8 Å². The van der Waals surface area contributed by atoms with Gasteiger partial charge in [-0.15, -0.1) is 0 Å². The third-order valence-electron chi connectivity index (χ3n) is 3.48. The highest BCUT2D eigenvalue weighted by Gasteiger charge is 2.31. The van der Waals surface area contributed by atoms with Crippen molar-refractivity contribution in [3.05, 3.63) is 35.6 Å². The van der Waals surface area contributed by atoms with Crippen LogP contribution in [0.25, 0.3) is 0 Å². The van der Waals surface area contributed by atoms with Crippen molar-refractivity contribution in [2.45, 2.75) is 38.8 Å². The molecule has 4 heteroatoms. The molecule has 0 fully saturated rings. The molecule has 0 saturated heterocycles. The van der Waals surface area contributed by atoms with Gasteiger partial charge < -0.3 is 10.6 Å². The molecular formula is C14H21FN2O. The third-order valence-corrected chi connectivity index (χ3v) is 3.48. The van der Waals surface area contributed by atoms with Gasteiger partial charge in [0.1, 0.15) is 5.82 Å². The summed E-state index contributed by atoms with van der Waals surface area (Å²) < 4.78 is 12.9. The van der Waals surface area contributed by atoms with Crippen molar-refractivity contribution in [1.29, 1.82) is 0 Å². The minimum atomic E-state index is -0.858. The molecule has 1 rings (SSSR count). The zero-order chi connectivity index (χ0) is 13.9. The molecule has 3 nitrogen and oxygen atoms in total. The van der Waals surface area contributed by atoms with Gasteiger partial charge in [-0.05, 0) is 38.0 Å². The van der Waals surface area contributed by atoms with Gasteiger partial charge in [-0.1, -0.05) is 19.1 Å². The van der Waals surface area contributed by atoms with Crippen molar-refractivity contribution in [1.82, 2.24) is 4.90 Å². The summed E-state index contributed by atoms with van der Waals surface area (Å²) in [5.41, 5.74) is 5.98. The van der Waals surface area contributed by atoms with Crippen LogP contribution in [0.2, 0.25) is 0 Å². The highest BCUT2D eigenvalue weighted by atomic mass is 19.1. The molecule has 0 aromatic heterocycles. The zero-order valence-corrected chi connectivity index (χ0v) is 11.4. The first kappa shape index (κ1) is 14.6. The number of amides is 1. The smallest absolute Gasteiger partial charge is 0.242 e. The quantitative estimate of drug-likeness (QED) is 0.894. The zero-order valence-electron chi connectivity index (χ0n) is 11.4. The standard InChI is InChI=1S/C14H21FN2O/c1-5-14(3,16)13(18)17(4)10(2)11-6-8-12(15)9-7-11/h6-10H,5,16H2,1-4H3. The fourth-order valence-corrected chi connectivity index (χ4v) is 1.69. The van der Waals surface area contributed by atoms with Gasteiger partial charge in [0, 0.05) is 7.05 Å². The van der Waals surface area contributed by atoms with Gasteiger partial charge in [-0.3, -0.25) is 4.79 Å². The van der Waals surface area contributed by atoms with E-state index in [0.29, 0.717) is 6.42 Å². The van der Waals surface area contributed by atoms with E-state index in [9.17, 15) is 9.18 Å². The largest absolute Gasteiger partial charge is 0.337 e. The van der Waals surface area contributed by atoms with Crippen molar-refractivity contribution in [2.24, 2.45) is 5.73 Å². The van der Waals surface area contributed by atoms with Crippen LogP contribution in [0.5, 0.6) is 0 Å². The van der Waals surface area contributed by atoms with Crippen LogP contribution in [0.1, 0.15) is 38.8 Å². The van der Waals surface area contributed by atoms with E-state index in [-0.39, 0.29) is 17.8 Å². The van der Waals surface area contributed by atoms with Crippen LogP contribution in [0, 0.1) is 5.82 Å². The maximum atomic E-state index is 12.9. The summed E-state index contributed by atoms with van der Waals surface area (Å²) in [5, 5.41) is 0. The fraction of sp³-hybridized carbons (Fsp3) is 0.500. The summed E-state index contributed by atoms with van der Waals surface area (Å²) in [4.78, 5) is 13.8. The Hall–Kier alpha value is -1.42. The molecule has 0 aliphatic rings. The Morgan fingerprint density at radius 2 is 1.94 bits per heavy atom. The number of halogens is 1. The van der Waals surface area contributed by atoms with Crippen molar-refractivity contribution >= 4 is 5.91 Å². The number of hydrogen-bond donors (Lipinski definition) is 1. The van der Waals surface area contributed by atoms with E-state index in [1.165, 1.54) is 12.1 Å². The average Bonchev–Trinajstić information content (AvgIpc) is 2.37. The maximum Gasteiger partial charge on any atom is 0.242 e. The molecule has 0 aliphatic carbocycles. The second-order valence-electron chi connectivity index (χ2n) is 4.91. The number of nitrogens with zero attached hydrogens (tertiary/aromatic N) is 1. The summed E-state index contributed by atoms with van der Waals surface area (Å²) in [6, 6.07) is 6.03. The number of carbonyl (C=O) groups is 1. The monoisotopic (exact) mass is 252 g/mol. The lowest BCUT2D eigenvalue weighted by atomic mass is 9.97. The fourth-order valence-electron chi connectivity index (χ4n) is 1.69. The Balaban J connectivity index is 2.87. The van der Waals surface area contributed by atoms with Gasteiger partial charge in [-0.2, -0.15) is 0 Å². The van der Waals surface area contributed by atoms with Gasteiger partial charge in [0.25, 0.3) is 0 Å². The average molecular weight is 252 g/mol. The normalized spacial score (nSPS) is 15.9.